The molecule has 1 unspecified atom stereocenters. The molecule has 0 saturated heterocycles. The van der Waals surface area contributed by atoms with Crippen LogP contribution in [0.4, 0.5) is 11.6 Å². The third-order valence-electron chi connectivity index (χ3n) is 2.71. The first-order chi connectivity index (χ1) is 9.03. The number of nitrogens with two attached hydrogens (primary N) is 1. The van der Waals surface area contributed by atoms with Crippen molar-refractivity contribution < 1.29 is 9.53 Å². The van der Waals surface area contributed by atoms with Crippen molar-refractivity contribution in [3.63, 3.8) is 0 Å². The largest absolute Gasteiger partial charge is 0.467 e. The molecule has 7 heteroatoms. The first-order valence-corrected chi connectivity index (χ1v) is 6.21. The molecule has 4 N–H and O–H groups in total. The van der Waals surface area contributed by atoms with Gasteiger partial charge >= 0.3 is 5.97 Å². The number of nitrogen functional groups attached to an aromatic ring is 1. The average Bonchev–Trinajstić information content (AvgIpc) is 2.41. The van der Waals surface area contributed by atoms with Crippen molar-refractivity contribution >= 4 is 17.6 Å². The topological polar surface area (TPSA) is 102 Å². The number of hydrogen-bond donors (Lipinski definition) is 3. The Morgan fingerprint density at radius 1 is 1.42 bits per heavy atom. The van der Waals surface area contributed by atoms with E-state index in [1.807, 2.05) is 13.8 Å². The van der Waals surface area contributed by atoms with E-state index in [0.29, 0.717) is 17.5 Å². The molecule has 0 aliphatic rings. The van der Waals surface area contributed by atoms with Crippen LogP contribution < -0.4 is 16.6 Å². The lowest BCUT2D eigenvalue weighted by molar-refractivity contribution is -0.141. The maximum Gasteiger partial charge on any atom is 0.328 e. The number of rotatable bonds is 6. The van der Waals surface area contributed by atoms with E-state index in [0.717, 1.165) is 18.4 Å². The van der Waals surface area contributed by atoms with Gasteiger partial charge in [-0.25, -0.2) is 20.6 Å². The summed E-state index contributed by atoms with van der Waals surface area (Å²) in [6.07, 6.45) is 1.68. The van der Waals surface area contributed by atoms with Crippen LogP contribution in [0.1, 0.15) is 31.7 Å². The molecule has 0 amide bonds. The molecule has 0 spiro atoms. The highest BCUT2D eigenvalue weighted by atomic mass is 16.5. The minimum absolute atomic E-state index is 0.350. The van der Waals surface area contributed by atoms with E-state index in [2.05, 4.69) is 25.4 Å². The van der Waals surface area contributed by atoms with Gasteiger partial charge in [0.05, 0.1) is 7.11 Å². The second-order valence-corrected chi connectivity index (χ2v) is 4.25. The van der Waals surface area contributed by atoms with Gasteiger partial charge in [-0.3, -0.25) is 0 Å². The van der Waals surface area contributed by atoms with Crippen LogP contribution >= 0.6 is 0 Å². The Labute approximate surface area is 112 Å². The van der Waals surface area contributed by atoms with Crippen LogP contribution in [0.5, 0.6) is 0 Å². The van der Waals surface area contributed by atoms with Crippen molar-refractivity contribution in [2.75, 3.05) is 17.9 Å². The molecule has 7 nitrogen and oxygen atoms in total. The van der Waals surface area contributed by atoms with Crippen LogP contribution in [0.2, 0.25) is 0 Å². The fourth-order valence-electron chi connectivity index (χ4n) is 1.62. The van der Waals surface area contributed by atoms with E-state index < -0.39 is 6.04 Å². The molecular formula is C12H21N5O2. The number of hydrazine groups is 1. The van der Waals surface area contributed by atoms with E-state index in [-0.39, 0.29) is 5.97 Å². The lowest BCUT2D eigenvalue weighted by atomic mass is 10.2. The highest BCUT2D eigenvalue weighted by molar-refractivity contribution is 5.78. The fraction of sp³-hybridized carbons (Fsp3) is 0.583. The first kappa shape index (κ1) is 15.2. The second-order valence-electron chi connectivity index (χ2n) is 4.25. The van der Waals surface area contributed by atoms with E-state index >= 15 is 0 Å². The van der Waals surface area contributed by atoms with Crippen LogP contribution in [0.25, 0.3) is 0 Å². The van der Waals surface area contributed by atoms with Gasteiger partial charge < -0.3 is 15.5 Å². The summed E-state index contributed by atoms with van der Waals surface area (Å²) in [4.78, 5) is 20.1. The van der Waals surface area contributed by atoms with Gasteiger partial charge in [0.1, 0.15) is 23.5 Å². The fourth-order valence-corrected chi connectivity index (χ4v) is 1.62. The Bertz CT molecular complexity index is 450. The maximum atomic E-state index is 11.4. The number of nitrogens with zero attached hydrogens (tertiary/aromatic N) is 2. The lowest BCUT2D eigenvalue weighted by Gasteiger charge is -2.16. The molecular weight excluding hydrogens is 246 g/mol. The molecule has 0 aromatic carbocycles. The standard InChI is InChI=1S/C12H21N5O2/c1-5-6-9-15-10(7(2)11(16-9)17-13)14-8(3)12(18)19-4/h8H,5-6,13H2,1-4H3,(H2,14,15,16,17). The Hall–Kier alpha value is -1.89. The van der Waals surface area contributed by atoms with Crippen molar-refractivity contribution in [3.05, 3.63) is 11.4 Å². The molecule has 1 aromatic rings. The van der Waals surface area contributed by atoms with Crippen molar-refractivity contribution in [1.29, 1.82) is 0 Å². The number of nitrogens with one attached hydrogen (secondary N) is 2. The van der Waals surface area contributed by atoms with E-state index in [9.17, 15) is 4.79 Å². The summed E-state index contributed by atoms with van der Waals surface area (Å²) in [6.45, 7) is 5.59. The number of anilines is 2. The monoisotopic (exact) mass is 267 g/mol. The predicted octanol–water partition coefficient (Wildman–Crippen LogP) is 0.997. The van der Waals surface area contributed by atoms with Crippen LogP contribution in [0.15, 0.2) is 0 Å². The van der Waals surface area contributed by atoms with Gasteiger partial charge in [0.25, 0.3) is 0 Å². The zero-order chi connectivity index (χ0) is 14.4. The average molecular weight is 267 g/mol. The molecule has 106 valence electrons. The van der Waals surface area contributed by atoms with Crippen molar-refractivity contribution in [3.8, 4) is 0 Å². The molecule has 1 heterocycles. The zero-order valence-corrected chi connectivity index (χ0v) is 11.8. The van der Waals surface area contributed by atoms with Crippen molar-refractivity contribution in [2.24, 2.45) is 5.84 Å². The van der Waals surface area contributed by atoms with Crippen LogP contribution in [-0.4, -0.2) is 29.1 Å². The molecule has 0 aliphatic carbocycles. The van der Waals surface area contributed by atoms with Gasteiger partial charge in [-0.1, -0.05) is 6.92 Å². The maximum absolute atomic E-state index is 11.4. The summed E-state index contributed by atoms with van der Waals surface area (Å²) in [5.74, 6) is 6.91. The van der Waals surface area contributed by atoms with Crippen LogP contribution in [0, 0.1) is 6.92 Å². The third kappa shape index (κ3) is 3.78. The molecule has 1 atom stereocenters. The molecule has 0 radical (unpaired) electrons. The van der Waals surface area contributed by atoms with Crippen LogP contribution in [-0.2, 0) is 16.0 Å². The number of methoxy groups -OCH3 is 1. The molecule has 0 aliphatic heterocycles. The molecule has 19 heavy (non-hydrogen) atoms. The number of aromatic nitrogens is 2. The van der Waals surface area contributed by atoms with E-state index in [4.69, 9.17) is 5.84 Å². The number of aryl methyl sites for hydroxylation is 1. The summed E-state index contributed by atoms with van der Waals surface area (Å²) in [7, 11) is 1.35. The highest BCUT2D eigenvalue weighted by Crippen LogP contribution is 2.20. The summed E-state index contributed by atoms with van der Waals surface area (Å²) >= 11 is 0. The highest BCUT2D eigenvalue weighted by Gasteiger charge is 2.17. The van der Waals surface area contributed by atoms with Gasteiger partial charge in [-0.2, -0.15) is 0 Å². The quantitative estimate of drug-likeness (QED) is 0.401. The number of hydrogen-bond acceptors (Lipinski definition) is 7. The van der Waals surface area contributed by atoms with Gasteiger partial charge in [-0.15, -0.1) is 0 Å². The third-order valence-corrected chi connectivity index (χ3v) is 2.71. The Morgan fingerprint density at radius 3 is 2.58 bits per heavy atom. The van der Waals surface area contributed by atoms with Gasteiger partial charge in [-0.05, 0) is 20.3 Å². The summed E-state index contributed by atoms with van der Waals surface area (Å²) < 4.78 is 4.67. The van der Waals surface area contributed by atoms with Gasteiger partial charge in [0.2, 0.25) is 0 Å². The predicted molar refractivity (Wildman–Crippen MR) is 73.7 cm³/mol. The SMILES string of the molecule is CCCc1nc(NN)c(C)c(NC(C)C(=O)OC)n1. The van der Waals surface area contributed by atoms with Crippen LogP contribution in [0.3, 0.4) is 0 Å². The van der Waals surface area contributed by atoms with Crippen molar-refractivity contribution in [1.82, 2.24) is 9.97 Å². The van der Waals surface area contributed by atoms with E-state index in [1.54, 1.807) is 6.92 Å². The molecule has 1 rings (SSSR count). The molecule has 0 saturated carbocycles. The normalized spacial score (nSPS) is 11.8. The Balaban J connectivity index is 3.04. The summed E-state index contributed by atoms with van der Waals surface area (Å²) in [5, 5.41) is 3.01. The lowest BCUT2D eigenvalue weighted by Crippen LogP contribution is -2.28. The Morgan fingerprint density at radius 2 is 2.05 bits per heavy atom. The number of esters is 1. The van der Waals surface area contributed by atoms with E-state index in [1.165, 1.54) is 7.11 Å². The van der Waals surface area contributed by atoms with Gasteiger partial charge in [0.15, 0.2) is 0 Å². The molecule has 0 bridgehead atoms. The van der Waals surface area contributed by atoms with Gasteiger partial charge in [0, 0.05) is 12.0 Å². The minimum Gasteiger partial charge on any atom is -0.467 e. The summed E-state index contributed by atoms with van der Waals surface area (Å²) in [5.41, 5.74) is 3.31. The molecule has 1 aromatic heterocycles. The van der Waals surface area contributed by atoms with Crippen molar-refractivity contribution in [2.45, 2.75) is 39.7 Å². The number of carbonyl (C=O) groups excluding carboxylic acids is 1. The number of ether oxygens (including phenoxy) is 1. The smallest absolute Gasteiger partial charge is 0.328 e. The summed E-state index contributed by atoms with van der Waals surface area (Å²) in [6, 6.07) is -0.487. The number of carbonyl (C=O) groups is 1. The Kier molecular flexibility index (Phi) is 5.50. The molecule has 0 fully saturated rings. The first-order valence-electron chi connectivity index (χ1n) is 6.21. The zero-order valence-electron chi connectivity index (χ0n) is 11.8. The second kappa shape index (κ2) is 6.89. The minimum atomic E-state index is -0.487.